The molecule has 168 valence electrons. The zero-order valence-electron chi connectivity index (χ0n) is 18.6. The van der Waals surface area contributed by atoms with Gasteiger partial charge in [0.1, 0.15) is 0 Å². The number of carbonyl (C=O) groups excluding carboxylic acids is 1. The summed E-state index contributed by atoms with van der Waals surface area (Å²) in [6, 6.07) is 16.6. The van der Waals surface area contributed by atoms with E-state index in [4.69, 9.17) is 0 Å². The molecule has 0 bridgehead atoms. The summed E-state index contributed by atoms with van der Waals surface area (Å²) in [5.41, 5.74) is 1.68. The fourth-order valence-electron chi connectivity index (χ4n) is 3.79. The van der Waals surface area contributed by atoms with Gasteiger partial charge in [-0.1, -0.05) is 37.3 Å². The van der Waals surface area contributed by atoms with E-state index in [1.165, 1.54) is 17.7 Å². The first-order valence-electron chi connectivity index (χ1n) is 10.9. The van der Waals surface area contributed by atoms with Crippen molar-refractivity contribution in [2.24, 2.45) is 5.92 Å². The largest absolute Gasteiger partial charge is 0.350 e. The molecule has 1 aliphatic heterocycles. The van der Waals surface area contributed by atoms with Crippen LogP contribution in [0, 0.1) is 5.92 Å². The molecule has 1 amide bonds. The van der Waals surface area contributed by atoms with Crippen molar-refractivity contribution >= 4 is 15.9 Å². The molecular formula is C24H33N3O3S. The van der Waals surface area contributed by atoms with Crippen LogP contribution < -0.4 is 5.32 Å². The Morgan fingerprint density at radius 1 is 1.06 bits per heavy atom. The molecule has 7 heteroatoms. The van der Waals surface area contributed by atoms with Gasteiger partial charge in [0.05, 0.1) is 4.90 Å². The Labute approximate surface area is 186 Å². The third-order valence-electron chi connectivity index (χ3n) is 6.04. The molecule has 1 unspecified atom stereocenters. The second-order valence-electron chi connectivity index (χ2n) is 8.63. The van der Waals surface area contributed by atoms with Gasteiger partial charge in [-0.25, -0.2) is 8.42 Å². The van der Waals surface area contributed by atoms with E-state index in [-0.39, 0.29) is 16.8 Å². The van der Waals surface area contributed by atoms with Crippen molar-refractivity contribution in [2.75, 3.05) is 33.7 Å². The van der Waals surface area contributed by atoms with Crippen LogP contribution >= 0.6 is 0 Å². The van der Waals surface area contributed by atoms with Crippen LogP contribution in [0.3, 0.4) is 0 Å². The minimum Gasteiger partial charge on any atom is -0.350 e. The standard InChI is InChI=1S/C24H33N3O3S/c1-19-13-15-27(16-14-19)31(29,30)23-11-9-21(10-12-23)24(28)25-18-22(26(2)3)17-20-7-5-4-6-8-20/h4-12,19,22H,13-18H2,1-3H3,(H,25,28). The highest BCUT2D eigenvalue weighted by Gasteiger charge is 2.28. The van der Waals surface area contributed by atoms with Gasteiger partial charge in [0.25, 0.3) is 5.91 Å². The van der Waals surface area contributed by atoms with Crippen LogP contribution in [-0.4, -0.2) is 63.3 Å². The molecule has 0 radical (unpaired) electrons. The predicted octanol–water partition coefficient (Wildman–Crippen LogP) is 3.01. The summed E-state index contributed by atoms with van der Waals surface area (Å²) >= 11 is 0. The summed E-state index contributed by atoms with van der Waals surface area (Å²) in [7, 11) is 0.497. The molecule has 0 saturated carbocycles. The molecule has 0 aliphatic carbocycles. The lowest BCUT2D eigenvalue weighted by Crippen LogP contribution is -2.41. The third kappa shape index (κ3) is 6.15. The van der Waals surface area contributed by atoms with Gasteiger partial charge in [-0.05, 0) is 69.1 Å². The minimum atomic E-state index is -3.50. The molecule has 3 rings (SSSR count). The highest BCUT2D eigenvalue weighted by Crippen LogP contribution is 2.23. The number of likely N-dealkylation sites (N-methyl/N-ethyl adjacent to an activating group) is 1. The average molecular weight is 444 g/mol. The van der Waals surface area contributed by atoms with E-state index < -0.39 is 10.0 Å². The van der Waals surface area contributed by atoms with E-state index in [1.807, 2.05) is 32.3 Å². The highest BCUT2D eigenvalue weighted by molar-refractivity contribution is 7.89. The van der Waals surface area contributed by atoms with Crippen molar-refractivity contribution in [3.63, 3.8) is 0 Å². The van der Waals surface area contributed by atoms with E-state index in [0.717, 1.165) is 19.3 Å². The molecule has 31 heavy (non-hydrogen) atoms. The molecule has 1 aliphatic rings. The third-order valence-corrected chi connectivity index (χ3v) is 7.95. The van der Waals surface area contributed by atoms with Crippen LogP contribution in [0.4, 0.5) is 0 Å². The molecule has 2 aromatic rings. The molecule has 1 N–H and O–H groups in total. The summed E-state index contributed by atoms with van der Waals surface area (Å²) in [5, 5.41) is 2.99. The van der Waals surface area contributed by atoms with E-state index >= 15 is 0 Å². The Morgan fingerprint density at radius 3 is 2.26 bits per heavy atom. The summed E-state index contributed by atoms with van der Waals surface area (Å²) < 4.78 is 27.3. The van der Waals surface area contributed by atoms with Crippen LogP contribution in [-0.2, 0) is 16.4 Å². The summed E-state index contributed by atoms with van der Waals surface area (Å²) in [6.07, 6.45) is 2.60. The van der Waals surface area contributed by atoms with Crippen LogP contribution in [0.5, 0.6) is 0 Å². The van der Waals surface area contributed by atoms with Crippen LogP contribution in [0.25, 0.3) is 0 Å². The van der Waals surface area contributed by atoms with Crippen molar-refractivity contribution in [3.05, 3.63) is 65.7 Å². The van der Waals surface area contributed by atoms with E-state index in [9.17, 15) is 13.2 Å². The number of hydrogen-bond donors (Lipinski definition) is 1. The molecule has 1 fully saturated rings. The first-order valence-corrected chi connectivity index (χ1v) is 12.3. The monoisotopic (exact) mass is 443 g/mol. The fourth-order valence-corrected chi connectivity index (χ4v) is 5.26. The maximum absolute atomic E-state index is 12.9. The van der Waals surface area contributed by atoms with E-state index in [0.29, 0.717) is 31.1 Å². The average Bonchev–Trinajstić information content (AvgIpc) is 2.77. The zero-order chi connectivity index (χ0) is 22.4. The number of piperidine rings is 1. The van der Waals surface area contributed by atoms with Crippen molar-refractivity contribution in [1.82, 2.24) is 14.5 Å². The van der Waals surface area contributed by atoms with Gasteiger partial charge >= 0.3 is 0 Å². The lowest BCUT2D eigenvalue weighted by atomic mass is 10.0. The molecule has 0 spiro atoms. The zero-order valence-corrected chi connectivity index (χ0v) is 19.4. The molecule has 2 aromatic carbocycles. The quantitative estimate of drug-likeness (QED) is 0.681. The van der Waals surface area contributed by atoms with Gasteiger partial charge in [0.15, 0.2) is 0 Å². The maximum Gasteiger partial charge on any atom is 0.251 e. The van der Waals surface area contributed by atoms with Gasteiger partial charge in [-0.2, -0.15) is 4.31 Å². The number of amides is 1. The van der Waals surface area contributed by atoms with Crippen molar-refractivity contribution < 1.29 is 13.2 Å². The smallest absolute Gasteiger partial charge is 0.251 e. The van der Waals surface area contributed by atoms with Gasteiger partial charge in [-0.3, -0.25) is 4.79 Å². The number of sulfonamides is 1. The Bertz CT molecular complexity index is 951. The Balaban J connectivity index is 1.60. The van der Waals surface area contributed by atoms with Crippen LogP contribution in [0.1, 0.15) is 35.7 Å². The molecular weight excluding hydrogens is 410 g/mol. The maximum atomic E-state index is 12.9. The van der Waals surface area contributed by atoms with E-state index in [1.54, 1.807) is 16.4 Å². The summed E-state index contributed by atoms with van der Waals surface area (Å²) in [4.78, 5) is 15.0. The second-order valence-corrected chi connectivity index (χ2v) is 10.6. The second kappa shape index (κ2) is 10.4. The first-order chi connectivity index (χ1) is 14.8. The van der Waals surface area contributed by atoms with Gasteiger partial charge < -0.3 is 10.2 Å². The molecule has 6 nitrogen and oxygen atoms in total. The molecule has 0 aromatic heterocycles. The summed E-state index contributed by atoms with van der Waals surface area (Å²) in [5.74, 6) is 0.362. The Morgan fingerprint density at radius 2 is 1.68 bits per heavy atom. The van der Waals surface area contributed by atoms with Crippen molar-refractivity contribution in [3.8, 4) is 0 Å². The number of rotatable bonds is 8. The lowest BCUT2D eigenvalue weighted by molar-refractivity contribution is 0.0941. The minimum absolute atomic E-state index is 0.160. The number of benzene rings is 2. The molecule has 1 heterocycles. The molecule has 1 saturated heterocycles. The number of hydrogen-bond acceptors (Lipinski definition) is 4. The summed E-state index contributed by atoms with van der Waals surface area (Å²) in [6.45, 7) is 3.77. The SMILES string of the molecule is CC1CCN(S(=O)(=O)c2ccc(C(=O)NCC(Cc3ccccc3)N(C)C)cc2)CC1. The van der Waals surface area contributed by atoms with Crippen molar-refractivity contribution in [2.45, 2.75) is 37.1 Å². The normalized spacial score (nSPS) is 16.9. The van der Waals surface area contributed by atoms with Crippen LogP contribution in [0.2, 0.25) is 0 Å². The van der Waals surface area contributed by atoms with Crippen LogP contribution in [0.15, 0.2) is 59.5 Å². The Kier molecular flexibility index (Phi) is 7.86. The number of carbonyl (C=O) groups is 1. The first kappa shape index (κ1) is 23.4. The van der Waals surface area contributed by atoms with Gasteiger partial charge in [-0.15, -0.1) is 0 Å². The van der Waals surface area contributed by atoms with Gasteiger partial charge in [0.2, 0.25) is 10.0 Å². The van der Waals surface area contributed by atoms with E-state index in [2.05, 4.69) is 29.3 Å². The molecule has 1 atom stereocenters. The Hall–Kier alpha value is -2.22. The predicted molar refractivity (Wildman–Crippen MR) is 124 cm³/mol. The fraction of sp³-hybridized carbons (Fsp3) is 0.458. The lowest BCUT2D eigenvalue weighted by Gasteiger charge is -2.29. The number of nitrogens with zero attached hydrogens (tertiary/aromatic N) is 2. The highest BCUT2D eigenvalue weighted by atomic mass is 32.2. The topological polar surface area (TPSA) is 69.7 Å². The van der Waals surface area contributed by atoms with Crippen molar-refractivity contribution in [1.29, 1.82) is 0 Å². The number of nitrogens with one attached hydrogen (secondary N) is 1. The van der Waals surface area contributed by atoms with Gasteiger partial charge in [0, 0.05) is 31.2 Å².